The lowest BCUT2D eigenvalue weighted by molar-refractivity contribution is 0.398. The third-order valence-corrected chi connectivity index (χ3v) is 2.95. The van der Waals surface area contributed by atoms with E-state index in [1.54, 1.807) is 19.5 Å². The normalized spacial score (nSPS) is 11.3. The van der Waals surface area contributed by atoms with E-state index in [1.807, 2.05) is 50.2 Å². The minimum Gasteiger partial charge on any atom is -0.481 e. The third-order valence-electron chi connectivity index (χ3n) is 2.95. The Morgan fingerprint density at radius 3 is 2.15 bits per heavy atom. The van der Waals surface area contributed by atoms with E-state index < -0.39 is 0 Å². The van der Waals surface area contributed by atoms with E-state index in [4.69, 9.17) is 4.74 Å². The molecule has 0 saturated carbocycles. The van der Waals surface area contributed by atoms with Crippen LogP contribution in [0.1, 0.15) is 6.92 Å². The molecule has 2 heterocycles. The van der Waals surface area contributed by atoms with Crippen LogP contribution in [0.3, 0.4) is 0 Å². The second-order valence-corrected chi connectivity index (χ2v) is 4.55. The zero-order valence-corrected chi connectivity index (χ0v) is 12.2. The van der Waals surface area contributed by atoms with Gasteiger partial charge in [0.25, 0.3) is 0 Å². The van der Waals surface area contributed by atoms with Gasteiger partial charge >= 0.3 is 0 Å². The van der Waals surface area contributed by atoms with Gasteiger partial charge in [-0.05, 0) is 25.1 Å². The molecular formula is C15H18N4O. The molecule has 5 nitrogen and oxygen atoms in total. The molecule has 0 amide bonds. The number of hydrogen-bond acceptors (Lipinski definition) is 4. The van der Waals surface area contributed by atoms with Crippen molar-refractivity contribution in [1.29, 1.82) is 0 Å². The van der Waals surface area contributed by atoms with E-state index in [0.29, 0.717) is 11.7 Å². The summed E-state index contributed by atoms with van der Waals surface area (Å²) in [5.74, 6) is 2.21. The van der Waals surface area contributed by atoms with Crippen LogP contribution in [-0.4, -0.2) is 41.9 Å². The smallest absolute Gasteiger partial charge is 0.212 e. The van der Waals surface area contributed by atoms with Crippen LogP contribution in [0.2, 0.25) is 0 Å². The first-order valence-electron chi connectivity index (χ1n) is 6.29. The number of methoxy groups -OCH3 is 1. The summed E-state index contributed by atoms with van der Waals surface area (Å²) >= 11 is 0. The zero-order chi connectivity index (χ0) is 14.5. The number of nitrogens with zero attached hydrogens (tertiary/aromatic N) is 4. The number of aromatic nitrogens is 2. The van der Waals surface area contributed by atoms with Gasteiger partial charge in [-0.1, -0.05) is 0 Å². The van der Waals surface area contributed by atoms with Crippen molar-refractivity contribution >= 4 is 11.7 Å². The lowest BCUT2D eigenvalue weighted by Crippen LogP contribution is -2.17. The topological polar surface area (TPSA) is 50.6 Å². The molecule has 0 aliphatic rings. The Bertz CT molecular complexity index is 588. The Hall–Kier alpha value is -2.43. The standard InChI is InChI=1S/C15H18N4O/c1-11(19(2)3)18-14-7-5-12(9-16-14)13-6-8-15(20-4)17-10-13/h5-10H,1-4H3. The van der Waals surface area contributed by atoms with Gasteiger partial charge in [-0.25, -0.2) is 15.0 Å². The van der Waals surface area contributed by atoms with E-state index in [1.165, 1.54) is 0 Å². The van der Waals surface area contributed by atoms with E-state index in [2.05, 4.69) is 15.0 Å². The van der Waals surface area contributed by atoms with Gasteiger partial charge in [0.1, 0.15) is 5.84 Å². The van der Waals surface area contributed by atoms with Crippen molar-refractivity contribution < 1.29 is 4.74 Å². The average molecular weight is 270 g/mol. The van der Waals surface area contributed by atoms with Crippen molar-refractivity contribution in [3.63, 3.8) is 0 Å². The molecule has 0 aliphatic carbocycles. The first kappa shape index (κ1) is 14.0. The van der Waals surface area contributed by atoms with E-state index in [0.717, 1.165) is 17.0 Å². The molecule has 0 aromatic carbocycles. The van der Waals surface area contributed by atoms with Crippen molar-refractivity contribution in [2.45, 2.75) is 6.92 Å². The molecule has 0 spiro atoms. The van der Waals surface area contributed by atoms with Gasteiger partial charge in [0.05, 0.1) is 7.11 Å². The summed E-state index contributed by atoms with van der Waals surface area (Å²) in [7, 11) is 5.51. The fourth-order valence-electron chi connectivity index (χ4n) is 1.56. The van der Waals surface area contributed by atoms with E-state index >= 15 is 0 Å². The highest BCUT2D eigenvalue weighted by Gasteiger charge is 2.01. The Kier molecular flexibility index (Phi) is 4.30. The van der Waals surface area contributed by atoms with Gasteiger partial charge in [-0.3, -0.25) is 0 Å². The van der Waals surface area contributed by atoms with Gasteiger partial charge in [-0.15, -0.1) is 0 Å². The first-order valence-corrected chi connectivity index (χ1v) is 6.29. The number of rotatable bonds is 3. The molecule has 20 heavy (non-hydrogen) atoms. The summed E-state index contributed by atoms with van der Waals surface area (Å²) in [6.07, 6.45) is 3.56. The maximum Gasteiger partial charge on any atom is 0.212 e. The lowest BCUT2D eigenvalue weighted by Gasteiger charge is -2.10. The third kappa shape index (κ3) is 3.32. The van der Waals surface area contributed by atoms with E-state index in [9.17, 15) is 0 Å². The number of pyridine rings is 2. The van der Waals surface area contributed by atoms with Crippen molar-refractivity contribution in [3.05, 3.63) is 36.7 Å². The second-order valence-electron chi connectivity index (χ2n) is 4.55. The first-order chi connectivity index (χ1) is 9.60. The molecule has 5 heteroatoms. The molecular weight excluding hydrogens is 252 g/mol. The van der Waals surface area contributed by atoms with Gasteiger partial charge in [0.2, 0.25) is 5.88 Å². The molecule has 0 unspecified atom stereocenters. The van der Waals surface area contributed by atoms with Crippen LogP contribution in [0.25, 0.3) is 11.1 Å². The molecule has 0 aliphatic heterocycles. The number of aliphatic imine (C=N–C) groups is 1. The number of hydrogen-bond donors (Lipinski definition) is 0. The number of ether oxygens (including phenoxy) is 1. The fourth-order valence-corrected chi connectivity index (χ4v) is 1.56. The highest BCUT2D eigenvalue weighted by molar-refractivity contribution is 5.81. The van der Waals surface area contributed by atoms with Crippen molar-refractivity contribution in [3.8, 4) is 17.0 Å². The minimum absolute atomic E-state index is 0.601. The molecule has 2 aromatic heterocycles. The maximum atomic E-state index is 5.04. The predicted molar refractivity (Wildman–Crippen MR) is 80.5 cm³/mol. The highest BCUT2D eigenvalue weighted by Crippen LogP contribution is 2.21. The predicted octanol–water partition coefficient (Wildman–Crippen LogP) is 2.76. The summed E-state index contributed by atoms with van der Waals surface area (Å²) < 4.78 is 5.04. The highest BCUT2D eigenvalue weighted by atomic mass is 16.5. The van der Waals surface area contributed by atoms with Gasteiger partial charge < -0.3 is 9.64 Å². The Labute approximate surface area is 119 Å². The molecule has 0 atom stereocenters. The zero-order valence-electron chi connectivity index (χ0n) is 12.2. The maximum absolute atomic E-state index is 5.04. The van der Waals surface area contributed by atoms with Crippen LogP contribution in [0.15, 0.2) is 41.7 Å². The minimum atomic E-state index is 0.601. The fraction of sp³-hybridized carbons (Fsp3) is 0.267. The Balaban J connectivity index is 2.21. The van der Waals surface area contributed by atoms with Crippen LogP contribution >= 0.6 is 0 Å². The van der Waals surface area contributed by atoms with Crippen LogP contribution in [-0.2, 0) is 0 Å². The Morgan fingerprint density at radius 2 is 1.70 bits per heavy atom. The molecule has 2 aromatic rings. The van der Waals surface area contributed by atoms with Crippen LogP contribution < -0.4 is 4.74 Å². The summed E-state index contributed by atoms with van der Waals surface area (Å²) in [5.41, 5.74) is 2.00. The van der Waals surface area contributed by atoms with Crippen LogP contribution in [0.4, 0.5) is 5.82 Å². The quantitative estimate of drug-likeness (QED) is 0.635. The van der Waals surface area contributed by atoms with Crippen LogP contribution in [0, 0.1) is 0 Å². The summed E-state index contributed by atoms with van der Waals surface area (Å²) in [5, 5.41) is 0. The number of amidine groups is 1. The summed E-state index contributed by atoms with van der Waals surface area (Å²) in [6, 6.07) is 7.67. The van der Waals surface area contributed by atoms with Crippen molar-refractivity contribution in [2.24, 2.45) is 4.99 Å². The van der Waals surface area contributed by atoms with Gasteiger partial charge in [0, 0.05) is 43.7 Å². The molecule has 2 rings (SSSR count). The second kappa shape index (κ2) is 6.14. The summed E-state index contributed by atoms with van der Waals surface area (Å²) in [6.45, 7) is 1.95. The molecule has 0 fully saturated rings. The Morgan fingerprint density at radius 1 is 1.05 bits per heavy atom. The van der Waals surface area contributed by atoms with Gasteiger partial charge in [-0.2, -0.15) is 0 Å². The molecule has 104 valence electrons. The van der Waals surface area contributed by atoms with Gasteiger partial charge in [0.15, 0.2) is 5.82 Å². The molecule has 0 saturated heterocycles. The monoisotopic (exact) mass is 270 g/mol. The largest absolute Gasteiger partial charge is 0.481 e. The van der Waals surface area contributed by atoms with Crippen molar-refractivity contribution in [1.82, 2.24) is 14.9 Å². The van der Waals surface area contributed by atoms with Crippen LogP contribution in [0.5, 0.6) is 5.88 Å². The van der Waals surface area contributed by atoms with Crippen molar-refractivity contribution in [2.75, 3.05) is 21.2 Å². The average Bonchev–Trinajstić information content (AvgIpc) is 2.48. The molecule has 0 radical (unpaired) electrons. The van der Waals surface area contributed by atoms with E-state index in [-0.39, 0.29) is 0 Å². The summed E-state index contributed by atoms with van der Waals surface area (Å²) in [4.78, 5) is 14.9. The molecule has 0 bridgehead atoms. The lowest BCUT2D eigenvalue weighted by atomic mass is 10.1. The SMILES string of the molecule is COc1ccc(-c2ccc(N=C(C)N(C)C)nc2)cn1. The molecule has 0 N–H and O–H groups in total.